The lowest BCUT2D eigenvalue weighted by Gasteiger charge is -2.38. The Morgan fingerprint density at radius 3 is 2.28 bits per heavy atom. The smallest absolute Gasteiger partial charge is 0.240 e. The van der Waals surface area contributed by atoms with Crippen molar-refractivity contribution in [3.05, 3.63) is 29.3 Å². The van der Waals surface area contributed by atoms with E-state index < -0.39 is 10.0 Å². The van der Waals surface area contributed by atoms with Gasteiger partial charge in [0.1, 0.15) is 0 Å². The molecule has 1 aliphatic heterocycles. The first-order chi connectivity index (χ1) is 11.7. The van der Waals surface area contributed by atoms with Crippen LogP contribution in [0.5, 0.6) is 0 Å². The minimum absolute atomic E-state index is 0.245. The van der Waals surface area contributed by atoms with Gasteiger partial charge in [-0.2, -0.15) is 0 Å². The average Bonchev–Trinajstić information content (AvgIpc) is 2.54. The van der Waals surface area contributed by atoms with Gasteiger partial charge >= 0.3 is 0 Å². The van der Waals surface area contributed by atoms with E-state index >= 15 is 0 Å². The second-order valence-electron chi connectivity index (χ2n) is 7.72. The van der Waals surface area contributed by atoms with Crippen molar-refractivity contribution >= 4 is 10.0 Å². The zero-order chi connectivity index (χ0) is 18.6. The van der Waals surface area contributed by atoms with Gasteiger partial charge in [-0.05, 0) is 56.5 Å². The van der Waals surface area contributed by atoms with Gasteiger partial charge in [0.15, 0.2) is 0 Å². The van der Waals surface area contributed by atoms with Gasteiger partial charge in [0.25, 0.3) is 0 Å². The third-order valence-electron chi connectivity index (χ3n) is 5.10. The van der Waals surface area contributed by atoms with Crippen molar-refractivity contribution in [2.75, 3.05) is 39.8 Å². The summed E-state index contributed by atoms with van der Waals surface area (Å²) in [5, 5.41) is 0. The Balaban J connectivity index is 2.06. The Morgan fingerprint density at radius 1 is 1.08 bits per heavy atom. The summed E-state index contributed by atoms with van der Waals surface area (Å²) in [5.74, 6) is 0.538. The molecule has 5 nitrogen and oxygen atoms in total. The summed E-state index contributed by atoms with van der Waals surface area (Å²) in [5.41, 5.74) is 2.11. The predicted octanol–water partition coefficient (Wildman–Crippen LogP) is 2.24. The first-order valence-corrected chi connectivity index (χ1v) is 10.7. The molecule has 0 aromatic heterocycles. The van der Waals surface area contributed by atoms with Gasteiger partial charge in [0.2, 0.25) is 10.0 Å². The molecule has 1 N–H and O–H groups in total. The Bertz CT molecular complexity index is 665. The SMILES string of the molecule is Cc1ccc(S(=O)(=O)NCC(CC(C)C)N2CCN(C)CC2)cc1C. The lowest BCUT2D eigenvalue weighted by Crippen LogP contribution is -2.52. The molecule has 0 saturated carbocycles. The van der Waals surface area contributed by atoms with Crippen LogP contribution in [0.1, 0.15) is 31.4 Å². The zero-order valence-corrected chi connectivity index (χ0v) is 17.1. The zero-order valence-electron chi connectivity index (χ0n) is 16.2. The van der Waals surface area contributed by atoms with Crippen LogP contribution in [-0.4, -0.2) is 64.0 Å². The van der Waals surface area contributed by atoms with Crippen molar-refractivity contribution < 1.29 is 8.42 Å². The maximum atomic E-state index is 12.7. The molecule has 142 valence electrons. The van der Waals surface area contributed by atoms with Crippen LogP contribution in [0.25, 0.3) is 0 Å². The van der Waals surface area contributed by atoms with Gasteiger partial charge in [0.05, 0.1) is 4.90 Å². The van der Waals surface area contributed by atoms with E-state index in [0.29, 0.717) is 17.4 Å². The standard InChI is InChI=1S/C19H33N3O2S/c1-15(2)12-18(22-10-8-21(5)9-11-22)14-20-25(23,24)19-7-6-16(3)17(4)13-19/h6-7,13,15,18,20H,8-12,14H2,1-5H3. The van der Waals surface area contributed by atoms with E-state index in [2.05, 4.69) is 35.4 Å². The number of benzene rings is 1. The molecule has 0 amide bonds. The quantitative estimate of drug-likeness (QED) is 0.803. The molecule has 1 heterocycles. The summed E-state index contributed by atoms with van der Waals surface area (Å²) in [6, 6.07) is 5.56. The third kappa shape index (κ3) is 5.78. The molecule has 0 spiro atoms. The second kappa shape index (κ2) is 8.62. The lowest BCUT2D eigenvalue weighted by molar-refractivity contribution is 0.102. The normalized spacial score (nSPS) is 18.6. The van der Waals surface area contributed by atoms with E-state index in [4.69, 9.17) is 0 Å². The Kier molecular flexibility index (Phi) is 7.02. The molecule has 2 rings (SSSR count). The van der Waals surface area contributed by atoms with Crippen molar-refractivity contribution in [2.24, 2.45) is 5.92 Å². The summed E-state index contributed by atoms with van der Waals surface area (Å²) < 4.78 is 28.2. The maximum absolute atomic E-state index is 12.7. The van der Waals surface area contributed by atoms with E-state index in [9.17, 15) is 8.42 Å². The van der Waals surface area contributed by atoms with E-state index in [1.807, 2.05) is 19.9 Å². The topological polar surface area (TPSA) is 52.7 Å². The average molecular weight is 368 g/mol. The van der Waals surface area contributed by atoms with Crippen molar-refractivity contribution in [1.29, 1.82) is 0 Å². The van der Waals surface area contributed by atoms with E-state index in [0.717, 1.165) is 43.7 Å². The number of likely N-dealkylation sites (N-methyl/N-ethyl adjacent to an activating group) is 1. The minimum Gasteiger partial charge on any atom is -0.304 e. The summed E-state index contributed by atoms with van der Waals surface area (Å²) in [6.45, 7) is 12.9. The monoisotopic (exact) mass is 367 g/mol. The molecule has 1 aromatic carbocycles. The molecule has 0 bridgehead atoms. The van der Waals surface area contributed by atoms with Crippen molar-refractivity contribution in [3.63, 3.8) is 0 Å². The predicted molar refractivity (Wildman–Crippen MR) is 103 cm³/mol. The summed E-state index contributed by atoms with van der Waals surface area (Å²) in [7, 11) is -1.33. The first kappa shape index (κ1) is 20.4. The van der Waals surface area contributed by atoms with Gasteiger partial charge < -0.3 is 4.90 Å². The van der Waals surface area contributed by atoms with Crippen LogP contribution >= 0.6 is 0 Å². The fourth-order valence-electron chi connectivity index (χ4n) is 3.26. The molecule has 1 unspecified atom stereocenters. The van der Waals surface area contributed by atoms with Crippen LogP contribution < -0.4 is 4.72 Å². The van der Waals surface area contributed by atoms with Crippen LogP contribution in [0.15, 0.2) is 23.1 Å². The highest BCUT2D eigenvalue weighted by molar-refractivity contribution is 7.89. The highest BCUT2D eigenvalue weighted by Gasteiger charge is 2.25. The molecule has 1 fully saturated rings. The largest absolute Gasteiger partial charge is 0.304 e. The Labute approximate surface area is 153 Å². The molecule has 1 atom stereocenters. The van der Waals surface area contributed by atoms with Crippen LogP contribution in [0.3, 0.4) is 0 Å². The Morgan fingerprint density at radius 2 is 1.72 bits per heavy atom. The van der Waals surface area contributed by atoms with Gasteiger partial charge in [-0.1, -0.05) is 19.9 Å². The fraction of sp³-hybridized carbons (Fsp3) is 0.684. The van der Waals surface area contributed by atoms with Gasteiger partial charge in [-0.3, -0.25) is 4.90 Å². The van der Waals surface area contributed by atoms with Crippen LogP contribution in [0.4, 0.5) is 0 Å². The summed E-state index contributed by atoms with van der Waals surface area (Å²) >= 11 is 0. The van der Waals surface area contributed by atoms with E-state index in [1.54, 1.807) is 12.1 Å². The molecule has 25 heavy (non-hydrogen) atoms. The highest BCUT2D eigenvalue weighted by Crippen LogP contribution is 2.17. The number of hydrogen-bond acceptors (Lipinski definition) is 4. The maximum Gasteiger partial charge on any atom is 0.240 e. The molecular formula is C19H33N3O2S. The first-order valence-electron chi connectivity index (χ1n) is 9.18. The fourth-order valence-corrected chi connectivity index (χ4v) is 4.42. The summed E-state index contributed by atoms with van der Waals surface area (Å²) in [4.78, 5) is 5.11. The molecular weight excluding hydrogens is 334 g/mol. The molecule has 0 radical (unpaired) electrons. The van der Waals surface area contributed by atoms with Gasteiger partial charge in [-0.15, -0.1) is 0 Å². The molecule has 1 saturated heterocycles. The number of hydrogen-bond donors (Lipinski definition) is 1. The minimum atomic E-state index is -3.47. The lowest BCUT2D eigenvalue weighted by atomic mass is 10.0. The Hall–Kier alpha value is -0.950. The van der Waals surface area contributed by atoms with Crippen molar-refractivity contribution in [3.8, 4) is 0 Å². The van der Waals surface area contributed by atoms with E-state index in [-0.39, 0.29) is 6.04 Å². The molecule has 1 aliphatic rings. The van der Waals surface area contributed by atoms with Crippen molar-refractivity contribution in [1.82, 2.24) is 14.5 Å². The molecule has 1 aromatic rings. The molecule has 0 aliphatic carbocycles. The number of rotatable bonds is 7. The van der Waals surface area contributed by atoms with Gasteiger partial charge in [0, 0.05) is 38.8 Å². The number of nitrogens with zero attached hydrogens (tertiary/aromatic N) is 2. The van der Waals surface area contributed by atoms with Crippen LogP contribution in [0, 0.1) is 19.8 Å². The van der Waals surface area contributed by atoms with Gasteiger partial charge in [-0.25, -0.2) is 13.1 Å². The number of sulfonamides is 1. The second-order valence-corrected chi connectivity index (χ2v) is 9.49. The number of nitrogens with one attached hydrogen (secondary N) is 1. The highest BCUT2D eigenvalue weighted by atomic mass is 32.2. The van der Waals surface area contributed by atoms with Crippen LogP contribution in [-0.2, 0) is 10.0 Å². The number of piperazine rings is 1. The van der Waals surface area contributed by atoms with Crippen LogP contribution in [0.2, 0.25) is 0 Å². The number of aryl methyl sites for hydroxylation is 2. The van der Waals surface area contributed by atoms with E-state index in [1.165, 1.54) is 0 Å². The summed E-state index contributed by atoms with van der Waals surface area (Å²) in [6.07, 6.45) is 0.999. The molecule has 6 heteroatoms. The third-order valence-corrected chi connectivity index (χ3v) is 6.52. The van der Waals surface area contributed by atoms with Crippen molar-refractivity contribution in [2.45, 2.75) is 45.1 Å².